The molecule has 0 heterocycles. The summed E-state index contributed by atoms with van der Waals surface area (Å²) in [5, 5.41) is 4.32. The van der Waals surface area contributed by atoms with Gasteiger partial charge in [0, 0.05) is 24.2 Å². The van der Waals surface area contributed by atoms with Gasteiger partial charge in [-0.3, -0.25) is 9.59 Å². The number of alkyl halides is 3. The standard InChI is InChI=1S/C19H20F3N3O4S/c1-12(15-4-3-5-16(10-15)24-13(2)26)25-30(28,29)17-8-6-14(7-9-17)18(27)23-11-19(20,21)22/h3-10,12,25H,11H2,1-2H3,(H,23,27)(H,24,26). The van der Waals surface area contributed by atoms with Gasteiger partial charge in [0.05, 0.1) is 4.90 Å². The Balaban J connectivity index is 2.10. The van der Waals surface area contributed by atoms with Crippen molar-refractivity contribution in [2.24, 2.45) is 0 Å². The molecule has 0 radical (unpaired) electrons. The quantitative estimate of drug-likeness (QED) is 0.612. The lowest BCUT2D eigenvalue weighted by Gasteiger charge is -2.16. The molecule has 0 aromatic heterocycles. The minimum Gasteiger partial charge on any atom is -0.343 e. The molecule has 0 aliphatic carbocycles. The van der Waals surface area contributed by atoms with Gasteiger partial charge in [0.15, 0.2) is 0 Å². The number of hydrogen-bond acceptors (Lipinski definition) is 4. The number of amides is 2. The molecule has 162 valence electrons. The Bertz CT molecular complexity index is 1020. The van der Waals surface area contributed by atoms with Crippen LogP contribution in [0.5, 0.6) is 0 Å². The molecule has 11 heteroatoms. The van der Waals surface area contributed by atoms with E-state index >= 15 is 0 Å². The highest BCUT2D eigenvalue weighted by Crippen LogP contribution is 2.20. The summed E-state index contributed by atoms with van der Waals surface area (Å²) in [5.74, 6) is -1.23. The maximum absolute atomic E-state index is 12.6. The Labute approximate surface area is 171 Å². The lowest BCUT2D eigenvalue weighted by molar-refractivity contribution is -0.123. The molecule has 3 N–H and O–H groups in total. The van der Waals surface area contributed by atoms with Gasteiger partial charge in [-0.15, -0.1) is 0 Å². The zero-order valence-corrected chi connectivity index (χ0v) is 16.9. The lowest BCUT2D eigenvalue weighted by atomic mass is 10.1. The Morgan fingerprint density at radius 3 is 2.27 bits per heavy atom. The fraction of sp³-hybridized carbons (Fsp3) is 0.263. The third-order valence-electron chi connectivity index (χ3n) is 3.92. The van der Waals surface area contributed by atoms with Crippen molar-refractivity contribution < 1.29 is 31.2 Å². The average Bonchev–Trinajstić information content (AvgIpc) is 2.65. The van der Waals surface area contributed by atoms with Gasteiger partial charge in [0.25, 0.3) is 5.91 Å². The van der Waals surface area contributed by atoms with Gasteiger partial charge in [-0.05, 0) is 48.9 Å². The number of anilines is 1. The molecule has 0 bridgehead atoms. The van der Waals surface area contributed by atoms with Crippen LogP contribution in [0.2, 0.25) is 0 Å². The molecular formula is C19H20F3N3O4S. The second kappa shape index (κ2) is 9.26. The average molecular weight is 443 g/mol. The fourth-order valence-electron chi connectivity index (χ4n) is 2.53. The molecule has 2 aromatic carbocycles. The molecule has 1 unspecified atom stereocenters. The molecule has 2 aromatic rings. The van der Waals surface area contributed by atoms with Crippen molar-refractivity contribution in [2.45, 2.75) is 31.0 Å². The van der Waals surface area contributed by atoms with Crippen molar-refractivity contribution in [3.05, 3.63) is 59.7 Å². The van der Waals surface area contributed by atoms with Gasteiger partial charge >= 0.3 is 6.18 Å². The van der Waals surface area contributed by atoms with Crippen LogP contribution in [0.3, 0.4) is 0 Å². The topological polar surface area (TPSA) is 104 Å². The summed E-state index contributed by atoms with van der Waals surface area (Å²) >= 11 is 0. The minimum absolute atomic E-state index is 0.103. The Kier molecular flexibility index (Phi) is 7.21. The number of carbonyl (C=O) groups is 2. The van der Waals surface area contributed by atoms with Crippen LogP contribution in [0.15, 0.2) is 53.4 Å². The van der Waals surface area contributed by atoms with Crippen molar-refractivity contribution >= 4 is 27.5 Å². The summed E-state index contributed by atoms with van der Waals surface area (Å²) in [6.45, 7) is 1.48. The highest BCUT2D eigenvalue weighted by atomic mass is 32.2. The maximum Gasteiger partial charge on any atom is 0.405 e. The second-order valence-corrected chi connectivity index (χ2v) is 8.19. The first-order valence-electron chi connectivity index (χ1n) is 8.72. The molecule has 30 heavy (non-hydrogen) atoms. The number of carbonyl (C=O) groups excluding carboxylic acids is 2. The molecule has 0 aliphatic rings. The third kappa shape index (κ3) is 6.85. The number of sulfonamides is 1. The number of hydrogen-bond donors (Lipinski definition) is 3. The first kappa shape index (κ1) is 23.4. The van der Waals surface area contributed by atoms with E-state index in [1.165, 1.54) is 6.92 Å². The highest BCUT2D eigenvalue weighted by Gasteiger charge is 2.28. The van der Waals surface area contributed by atoms with Gasteiger partial charge in [0.2, 0.25) is 15.9 Å². The van der Waals surface area contributed by atoms with Crippen LogP contribution in [0.4, 0.5) is 18.9 Å². The van der Waals surface area contributed by atoms with E-state index in [4.69, 9.17) is 0 Å². The molecule has 0 saturated heterocycles. The summed E-state index contributed by atoms with van der Waals surface area (Å²) in [5.41, 5.74) is 1.02. The van der Waals surface area contributed by atoms with Crippen LogP contribution in [0.25, 0.3) is 0 Å². The summed E-state index contributed by atoms with van der Waals surface area (Å²) < 4.78 is 64.2. The van der Waals surface area contributed by atoms with Gasteiger partial charge in [0.1, 0.15) is 6.54 Å². The van der Waals surface area contributed by atoms with Crippen LogP contribution in [-0.2, 0) is 14.8 Å². The number of rotatable bonds is 7. The molecule has 0 spiro atoms. The number of benzene rings is 2. The largest absolute Gasteiger partial charge is 0.405 e. The van der Waals surface area contributed by atoms with E-state index in [2.05, 4.69) is 10.0 Å². The molecular weight excluding hydrogens is 423 g/mol. The van der Waals surface area contributed by atoms with Crippen molar-refractivity contribution in [1.29, 1.82) is 0 Å². The highest BCUT2D eigenvalue weighted by molar-refractivity contribution is 7.89. The number of halogens is 3. The molecule has 7 nitrogen and oxygen atoms in total. The fourth-order valence-corrected chi connectivity index (χ4v) is 3.76. The van der Waals surface area contributed by atoms with Crippen LogP contribution in [0, 0.1) is 0 Å². The molecule has 2 rings (SSSR count). The maximum atomic E-state index is 12.6. The van der Waals surface area contributed by atoms with Crippen LogP contribution in [-0.4, -0.2) is 33.0 Å². The van der Waals surface area contributed by atoms with E-state index < -0.39 is 34.7 Å². The van der Waals surface area contributed by atoms with Gasteiger partial charge < -0.3 is 10.6 Å². The van der Waals surface area contributed by atoms with Crippen molar-refractivity contribution in [2.75, 3.05) is 11.9 Å². The van der Waals surface area contributed by atoms with E-state index in [0.717, 1.165) is 24.3 Å². The SMILES string of the molecule is CC(=O)Nc1cccc(C(C)NS(=O)(=O)c2ccc(C(=O)NCC(F)(F)F)cc2)c1. The van der Waals surface area contributed by atoms with Crippen molar-refractivity contribution in [3.63, 3.8) is 0 Å². The predicted molar refractivity (Wildman–Crippen MR) is 104 cm³/mol. The smallest absolute Gasteiger partial charge is 0.343 e. The Morgan fingerprint density at radius 2 is 1.70 bits per heavy atom. The molecule has 2 amide bonds. The third-order valence-corrected chi connectivity index (χ3v) is 5.47. The van der Waals surface area contributed by atoms with Gasteiger partial charge in [-0.1, -0.05) is 12.1 Å². The van der Waals surface area contributed by atoms with Gasteiger partial charge in [-0.25, -0.2) is 13.1 Å². The summed E-state index contributed by atoms with van der Waals surface area (Å²) in [4.78, 5) is 22.7. The zero-order chi connectivity index (χ0) is 22.5. The minimum atomic E-state index is -4.55. The van der Waals surface area contributed by atoms with E-state index in [1.54, 1.807) is 36.5 Å². The van der Waals surface area contributed by atoms with Crippen LogP contribution in [0.1, 0.15) is 35.8 Å². The first-order valence-corrected chi connectivity index (χ1v) is 10.2. The molecule has 1 atom stereocenters. The summed E-state index contributed by atoms with van der Waals surface area (Å²) in [6, 6.07) is 10.5. The van der Waals surface area contributed by atoms with Crippen LogP contribution >= 0.6 is 0 Å². The first-order chi connectivity index (χ1) is 13.9. The van der Waals surface area contributed by atoms with Gasteiger partial charge in [-0.2, -0.15) is 13.2 Å². The van der Waals surface area contributed by atoms with E-state index in [0.29, 0.717) is 11.3 Å². The van der Waals surface area contributed by atoms with Crippen molar-refractivity contribution in [1.82, 2.24) is 10.0 Å². The Morgan fingerprint density at radius 1 is 1.07 bits per heavy atom. The van der Waals surface area contributed by atoms with Crippen molar-refractivity contribution in [3.8, 4) is 0 Å². The zero-order valence-electron chi connectivity index (χ0n) is 16.1. The Hall–Kier alpha value is -2.92. The molecule has 0 saturated carbocycles. The van der Waals surface area contributed by atoms with E-state index in [-0.39, 0.29) is 16.4 Å². The monoisotopic (exact) mass is 443 g/mol. The second-order valence-electron chi connectivity index (χ2n) is 6.47. The molecule has 0 aliphatic heterocycles. The summed E-state index contributed by atoms with van der Waals surface area (Å²) in [6.07, 6.45) is -4.55. The van der Waals surface area contributed by atoms with E-state index in [1.807, 2.05) is 0 Å². The number of nitrogens with one attached hydrogen (secondary N) is 3. The summed E-state index contributed by atoms with van der Waals surface area (Å²) in [7, 11) is -3.97. The normalized spacial score (nSPS) is 12.8. The molecule has 0 fully saturated rings. The van der Waals surface area contributed by atoms with Crippen LogP contribution < -0.4 is 15.4 Å². The lowest BCUT2D eigenvalue weighted by Crippen LogP contribution is -2.33. The predicted octanol–water partition coefficient (Wildman–Crippen LogP) is 2.98. The van der Waals surface area contributed by atoms with E-state index in [9.17, 15) is 31.2 Å².